The normalized spacial score (nSPS) is 17.1. The van der Waals surface area contributed by atoms with Gasteiger partial charge in [0.1, 0.15) is 0 Å². The molecule has 0 aliphatic heterocycles. The van der Waals surface area contributed by atoms with E-state index >= 15 is 0 Å². The molecule has 4 nitrogen and oxygen atoms in total. The second-order valence-electron chi connectivity index (χ2n) is 5.12. The molecule has 0 spiro atoms. The highest BCUT2D eigenvalue weighted by molar-refractivity contribution is 7.85. The number of hydrogen-bond acceptors (Lipinski definition) is 3. The Morgan fingerprint density at radius 3 is 1.81 bits per heavy atom. The topological polar surface area (TPSA) is 80.4 Å². The molecule has 0 aromatic heterocycles. The van der Waals surface area contributed by atoms with Crippen molar-refractivity contribution in [3.8, 4) is 0 Å². The first-order valence-corrected chi connectivity index (χ1v) is 7.45. The van der Waals surface area contributed by atoms with Gasteiger partial charge in [-0.15, -0.1) is 0 Å². The molecule has 0 saturated carbocycles. The molecule has 0 radical (unpaired) electrons. The lowest BCUT2D eigenvalue weighted by molar-refractivity contribution is 0.201. The Balaban J connectivity index is 4.97. The lowest BCUT2D eigenvalue weighted by Crippen LogP contribution is -2.44. The highest BCUT2D eigenvalue weighted by Crippen LogP contribution is 2.37. The second kappa shape index (κ2) is 5.47. The third-order valence-corrected chi connectivity index (χ3v) is 4.55. The minimum Gasteiger partial charge on any atom is -0.325 e. The van der Waals surface area contributed by atoms with Crippen LogP contribution in [0, 0.1) is 5.41 Å². The Hall–Kier alpha value is -0.130. The van der Waals surface area contributed by atoms with Gasteiger partial charge < -0.3 is 5.73 Å². The van der Waals surface area contributed by atoms with Gasteiger partial charge in [0, 0.05) is 5.54 Å². The van der Waals surface area contributed by atoms with Crippen LogP contribution < -0.4 is 5.73 Å². The van der Waals surface area contributed by atoms with Gasteiger partial charge in [-0.25, -0.2) is 0 Å². The van der Waals surface area contributed by atoms with Crippen molar-refractivity contribution >= 4 is 10.1 Å². The number of nitrogens with two attached hydrogens (primary N) is 1. The summed E-state index contributed by atoms with van der Waals surface area (Å²) in [6.07, 6.45) is 2.82. The average molecular weight is 251 g/mol. The van der Waals surface area contributed by atoms with Gasteiger partial charge in [0.2, 0.25) is 0 Å². The van der Waals surface area contributed by atoms with Gasteiger partial charge in [0.15, 0.2) is 0 Å². The van der Waals surface area contributed by atoms with E-state index in [0.29, 0.717) is 19.3 Å². The van der Waals surface area contributed by atoms with Gasteiger partial charge in [-0.1, -0.05) is 20.8 Å². The predicted octanol–water partition coefficient (Wildman–Crippen LogP) is 2.20. The highest BCUT2D eigenvalue weighted by Gasteiger charge is 2.36. The molecule has 0 fully saturated rings. The lowest BCUT2D eigenvalue weighted by Gasteiger charge is -2.37. The maximum Gasteiger partial charge on any atom is 0.265 e. The van der Waals surface area contributed by atoms with Crippen LogP contribution in [-0.4, -0.2) is 24.3 Å². The molecule has 0 rings (SSSR count). The van der Waals surface area contributed by atoms with Crippen LogP contribution in [0.15, 0.2) is 0 Å². The fraction of sp³-hybridized carbons (Fsp3) is 1.00. The predicted molar refractivity (Wildman–Crippen MR) is 66.9 cm³/mol. The van der Waals surface area contributed by atoms with Gasteiger partial charge in [-0.3, -0.25) is 4.55 Å². The molecule has 0 amide bonds. The summed E-state index contributed by atoms with van der Waals surface area (Å²) in [7, 11) is -3.94. The van der Waals surface area contributed by atoms with Crippen LogP contribution in [0.5, 0.6) is 0 Å². The standard InChI is InChI=1S/C11H25NO3S/c1-5-10(4,12)8-11(6-2,7-3)9-16(13,14)15/h5-9,12H2,1-4H3,(H,13,14,15). The first-order chi connectivity index (χ1) is 7.10. The SMILES string of the molecule is CCC(C)(N)CC(CC)(CC)CS(=O)(=O)O. The van der Waals surface area contributed by atoms with E-state index in [1.165, 1.54) is 0 Å². The van der Waals surface area contributed by atoms with E-state index in [9.17, 15) is 8.42 Å². The molecule has 0 heterocycles. The number of rotatable bonds is 7. The monoisotopic (exact) mass is 251 g/mol. The molecule has 0 saturated heterocycles. The zero-order chi connectivity index (χ0) is 13.0. The van der Waals surface area contributed by atoms with Crippen molar-refractivity contribution in [3.05, 3.63) is 0 Å². The molecule has 1 atom stereocenters. The Morgan fingerprint density at radius 2 is 1.56 bits per heavy atom. The van der Waals surface area contributed by atoms with E-state index < -0.39 is 15.5 Å². The lowest BCUT2D eigenvalue weighted by atomic mass is 9.73. The molecular weight excluding hydrogens is 226 g/mol. The van der Waals surface area contributed by atoms with Crippen molar-refractivity contribution in [2.45, 2.75) is 58.9 Å². The summed E-state index contributed by atoms with van der Waals surface area (Å²) < 4.78 is 31.1. The van der Waals surface area contributed by atoms with Crippen molar-refractivity contribution < 1.29 is 13.0 Å². The molecule has 0 aliphatic carbocycles. The van der Waals surface area contributed by atoms with Crippen LogP contribution in [0.3, 0.4) is 0 Å². The number of hydrogen-bond donors (Lipinski definition) is 2. The molecule has 5 heteroatoms. The van der Waals surface area contributed by atoms with Crippen molar-refractivity contribution in [1.29, 1.82) is 0 Å². The molecule has 3 N–H and O–H groups in total. The maximum absolute atomic E-state index is 11.1. The van der Waals surface area contributed by atoms with Crippen LogP contribution >= 0.6 is 0 Å². The van der Waals surface area contributed by atoms with Crippen molar-refractivity contribution in [2.75, 3.05) is 5.75 Å². The van der Waals surface area contributed by atoms with Gasteiger partial charge in [0.05, 0.1) is 5.75 Å². The van der Waals surface area contributed by atoms with E-state index in [0.717, 1.165) is 6.42 Å². The third-order valence-electron chi connectivity index (χ3n) is 3.58. The maximum atomic E-state index is 11.1. The zero-order valence-corrected chi connectivity index (χ0v) is 11.6. The quantitative estimate of drug-likeness (QED) is 0.680. The van der Waals surface area contributed by atoms with E-state index in [1.807, 2.05) is 27.7 Å². The van der Waals surface area contributed by atoms with Gasteiger partial charge >= 0.3 is 0 Å². The first kappa shape index (κ1) is 15.9. The summed E-state index contributed by atoms with van der Waals surface area (Å²) in [5.41, 5.74) is 5.31. The van der Waals surface area contributed by atoms with E-state index in [4.69, 9.17) is 10.3 Å². The summed E-state index contributed by atoms with van der Waals surface area (Å²) in [6, 6.07) is 0. The summed E-state index contributed by atoms with van der Waals surface area (Å²) in [4.78, 5) is 0. The smallest absolute Gasteiger partial charge is 0.265 e. The van der Waals surface area contributed by atoms with Crippen LogP contribution in [0.4, 0.5) is 0 Å². The third kappa shape index (κ3) is 5.27. The fourth-order valence-corrected chi connectivity index (χ4v) is 3.41. The van der Waals surface area contributed by atoms with Crippen LogP contribution in [0.25, 0.3) is 0 Å². The minimum atomic E-state index is -3.94. The zero-order valence-electron chi connectivity index (χ0n) is 10.8. The molecule has 0 aromatic rings. The van der Waals surface area contributed by atoms with Crippen molar-refractivity contribution in [3.63, 3.8) is 0 Å². The fourth-order valence-electron chi connectivity index (χ4n) is 2.12. The van der Waals surface area contributed by atoms with Crippen molar-refractivity contribution in [2.24, 2.45) is 11.1 Å². The van der Waals surface area contributed by atoms with Gasteiger partial charge in [-0.05, 0) is 38.0 Å². The molecule has 16 heavy (non-hydrogen) atoms. The van der Waals surface area contributed by atoms with E-state index in [1.54, 1.807) is 0 Å². The molecule has 0 aromatic carbocycles. The second-order valence-corrected chi connectivity index (χ2v) is 6.57. The summed E-state index contributed by atoms with van der Waals surface area (Å²) in [5.74, 6) is -0.195. The molecule has 0 bridgehead atoms. The van der Waals surface area contributed by atoms with Gasteiger partial charge in [0.25, 0.3) is 10.1 Å². The summed E-state index contributed by atoms with van der Waals surface area (Å²) in [6.45, 7) is 7.81. The Bertz CT molecular complexity index is 305. The Kier molecular flexibility index (Phi) is 5.42. The first-order valence-electron chi connectivity index (χ1n) is 5.84. The molecular formula is C11H25NO3S. The Labute approximate surface area is 99.4 Å². The Morgan fingerprint density at radius 1 is 1.12 bits per heavy atom. The summed E-state index contributed by atoms with van der Waals surface area (Å²) in [5, 5.41) is 0. The van der Waals surface area contributed by atoms with Crippen molar-refractivity contribution in [1.82, 2.24) is 0 Å². The van der Waals surface area contributed by atoms with Crippen LogP contribution in [-0.2, 0) is 10.1 Å². The van der Waals surface area contributed by atoms with E-state index in [-0.39, 0.29) is 11.3 Å². The average Bonchev–Trinajstić information content (AvgIpc) is 2.14. The largest absolute Gasteiger partial charge is 0.325 e. The van der Waals surface area contributed by atoms with Crippen LogP contribution in [0.2, 0.25) is 0 Å². The van der Waals surface area contributed by atoms with Crippen LogP contribution in [0.1, 0.15) is 53.4 Å². The molecule has 1 unspecified atom stereocenters. The van der Waals surface area contributed by atoms with Gasteiger partial charge in [-0.2, -0.15) is 8.42 Å². The highest BCUT2D eigenvalue weighted by atomic mass is 32.2. The summed E-state index contributed by atoms with van der Waals surface area (Å²) >= 11 is 0. The van der Waals surface area contributed by atoms with E-state index in [2.05, 4.69) is 0 Å². The minimum absolute atomic E-state index is 0.195. The molecule has 0 aliphatic rings. The molecule has 98 valence electrons.